The molecular weight excluding hydrogens is 176 g/mol. The number of nitrogens with zero attached hydrogens (tertiary/aromatic N) is 1. The Labute approximate surface area is 86.5 Å². The fraction of sp³-hybridized carbons (Fsp3) is 1.00. The molecule has 2 saturated heterocycles. The molecule has 0 bridgehead atoms. The van der Waals surface area contributed by atoms with Crippen molar-refractivity contribution in [2.45, 2.75) is 38.3 Å². The van der Waals surface area contributed by atoms with Crippen LogP contribution in [0.2, 0.25) is 0 Å². The molecule has 0 radical (unpaired) electrons. The van der Waals surface area contributed by atoms with E-state index >= 15 is 0 Å². The Hall–Kier alpha value is -0.120. The van der Waals surface area contributed by atoms with Crippen LogP contribution in [-0.4, -0.2) is 47.8 Å². The van der Waals surface area contributed by atoms with E-state index in [1.54, 1.807) is 0 Å². The zero-order chi connectivity index (χ0) is 10.2. The predicted octanol–water partition coefficient (Wildman–Crippen LogP) is 0.441. The minimum absolute atomic E-state index is 0.482. The van der Waals surface area contributed by atoms with E-state index in [0.717, 1.165) is 32.0 Å². The van der Waals surface area contributed by atoms with Crippen LogP contribution in [0.4, 0.5) is 0 Å². The van der Waals surface area contributed by atoms with Gasteiger partial charge in [-0.3, -0.25) is 4.90 Å². The lowest BCUT2D eigenvalue weighted by molar-refractivity contribution is -0.0225. The summed E-state index contributed by atoms with van der Waals surface area (Å²) < 4.78 is 0. The summed E-state index contributed by atoms with van der Waals surface area (Å²) in [6, 6.07) is 0.776. The summed E-state index contributed by atoms with van der Waals surface area (Å²) in [5, 5.41) is 13.2. The molecule has 0 amide bonds. The van der Waals surface area contributed by atoms with E-state index in [2.05, 4.69) is 10.2 Å². The number of aliphatic hydroxyl groups is 1. The Kier molecular flexibility index (Phi) is 2.82. The van der Waals surface area contributed by atoms with Gasteiger partial charge in [-0.2, -0.15) is 0 Å². The molecule has 2 aliphatic rings. The maximum absolute atomic E-state index is 9.91. The van der Waals surface area contributed by atoms with Crippen molar-refractivity contribution in [2.24, 2.45) is 5.92 Å². The van der Waals surface area contributed by atoms with E-state index in [1.807, 2.05) is 13.8 Å². The van der Waals surface area contributed by atoms with Crippen LogP contribution in [0.5, 0.6) is 0 Å². The molecule has 3 nitrogen and oxygen atoms in total. The van der Waals surface area contributed by atoms with Gasteiger partial charge < -0.3 is 10.4 Å². The van der Waals surface area contributed by atoms with Gasteiger partial charge in [0.05, 0.1) is 5.60 Å². The molecule has 0 aromatic heterocycles. The average molecular weight is 198 g/mol. The van der Waals surface area contributed by atoms with E-state index in [4.69, 9.17) is 0 Å². The molecular formula is C11H22N2O. The molecule has 0 aliphatic carbocycles. The zero-order valence-electron chi connectivity index (χ0n) is 9.29. The smallest absolute Gasteiger partial charge is 0.0620 e. The van der Waals surface area contributed by atoms with Gasteiger partial charge in [-0.25, -0.2) is 0 Å². The molecule has 2 heterocycles. The minimum atomic E-state index is -0.482. The summed E-state index contributed by atoms with van der Waals surface area (Å²) >= 11 is 0. The van der Waals surface area contributed by atoms with E-state index in [1.165, 1.54) is 13.1 Å². The van der Waals surface area contributed by atoms with Crippen LogP contribution in [-0.2, 0) is 0 Å². The number of rotatable bonds is 2. The van der Waals surface area contributed by atoms with Gasteiger partial charge in [0.2, 0.25) is 0 Å². The van der Waals surface area contributed by atoms with E-state index in [9.17, 15) is 5.11 Å². The molecule has 2 aliphatic heterocycles. The van der Waals surface area contributed by atoms with Crippen molar-refractivity contribution in [1.29, 1.82) is 0 Å². The Balaban J connectivity index is 1.80. The van der Waals surface area contributed by atoms with E-state index < -0.39 is 5.60 Å². The lowest BCUT2D eigenvalue weighted by atomic mass is 9.82. The molecule has 82 valence electrons. The van der Waals surface area contributed by atoms with Crippen LogP contribution in [0.25, 0.3) is 0 Å². The number of likely N-dealkylation sites (tertiary alicyclic amines) is 1. The first kappa shape index (κ1) is 10.4. The molecule has 14 heavy (non-hydrogen) atoms. The quantitative estimate of drug-likeness (QED) is 0.676. The number of nitrogens with one attached hydrogen (secondary N) is 1. The first-order chi connectivity index (χ1) is 6.57. The summed E-state index contributed by atoms with van der Waals surface area (Å²) in [4.78, 5) is 2.57. The third kappa shape index (κ3) is 2.10. The van der Waals surface area contributed by atoms with Crippen molar-refractivity contribution in [3.8, 4) is 0 Å². The molecule has 0 atom stereocenters. The first-order valence-electron chi connectivity index (χ1n) is 5.74. The van der Waals surface area contributed by atoms with Crippen molar-refractivity contribution < 1.29 is 5.11 Å². The fourth-order valence-corrected chi connectivity index (χ4v) is 2.50. The van der Waals surface area contributed by atoms with Crippen LogP contribution in [0, 0.1) is 5.92 Å². The molecule has 0 aromatic rings. The summed E-state index contributed by atoms with van der Waals surface area (Å²) in [5.74, 6) is 0.492. The fourth-order valence-electron chi connectivity index (χ4n) is 2.50. The number of hydrogen-bond acceptors (Lipinski definition) is 3. The molecule has 0 unspecified atom stereocenters. The molecule has 2 fully saturated rings. The Morgan fingerprint density at radius 1 is 1.21 bits per heavy atom. The summed E-state index contributed by atoms with van der Waals surface area (Å²) in [7, 11) is 0. The lowest BCUT2D eigenvalue weighted by Gasteiger charge is -2.44. The van der Waals surface area contributed by atoms with Gasteiger partial charge in [-0.05, 0) is 45.7 Å². The highest BCUT2D eigenvalue weighted by Crippen LogP contribution is 2.28. The van der Waals surface area contributed by atoms with Gasteiger partial charge in [0.25, 0.3) is 0 Å². The maximum atomic E-state index is 9.91. The van der Waals surface area contributed by atoms with Crippen LogP contribution in [0.15, 0.2) is 0 Å². The largest absolute Gasteiger partial charge is 0.390 e. The SMILES string of the molecule is CC(C)(O)C1CCN(C2CNC2)CC1. The van der Waals surface area contributed by atoms with E-state index in [0.29, 0.717) is 5.92 Å². The summed E-state index contributed by atoms with van der Waals surface area (Å²) in [5.41, 5.74) is -0.482. The van der Waals surface area contributed by atoms with Gasteiger partial charge in [-0.1, -0.05) is 0 Å². The third-order valence-electron chi connectivity index (χ3n) is 3.80. The minimum Gasteiger partial charge on any atom is -0.390 e. The van der Waals surface area contributed by atoms with Crippen molar-refractivity contribution in [3.63, 3.8) is 0 Å². The molecule has 2 N–H and O–H groups in total. The molecule has 3 heteroatoms. The average Bonchev–Trinajstić information content (AvgIpc) is 2.00. The van der Waals surface area contributed by atoms with Crippen molar-refractivity contribution in [2.75, 3.05) is 26.2 Å². The van der Waals surface area contributed by atoms with Gasteiger partial charge in [0.1, 0.15) is 0 Å². The van der Waals surface area contributed by atoms with Crippen LogP contribution < -0.4 is 5.32 Å². The third-order valence-corrected chi connectivity index (χ3v) is 3.80. The summed E-state index contributed by atoms with van der Waals surface area (Å²) in [6.45, 7) is 8.54. The first-order valence-corrected chi connectivity index (χ1v) is 5.74. The van der Waals surface area contributed by atoms with Crippen LogP contribution >= 0.6 is 0 Å². The lowest BCUT2D eigenvalue weighted by Crippen LogP contribution is -2.59. The standard InChI is InChI=1S/C11H22N2O/c1-11(2,14)9-3-5-13(6-4-9)10-7-12-8-10/h9-10,12,14H,3-8H2,1-2H3. The maximum Gasteiger partial charge on any atom is 0.0620 e. The molecule has 0 saturated carbocycles. The molecule has 0 spiro atoms. The van der Waals surface area contributed by atoms with Gasteiger partial charge in [0.15, 0.2) is 0 Å². The molecule has 2 rings (SSSR count). The topological polar surface area (TPSA) is 35.5 Å². The van der Waals surface area contributed by atoms with Crippen molar-refractivity contribution in [1.82, 2.24) is 10.2 Å². The Bertz CT molecular complexity index is 188. The highest BCUT2D eigenvalue weighted by molar-refractivity contribution is 4.90. The zero-order valence-corrected chi connectivity index (χ0v) is 9.29. The second-order valence-corrected chi connectivity index (χ2v) is 5.28. The Morgan fingerprint density at radius 2 is 1.79 bits per heavy atom. The Morgan fingerprint density at radius 3 is 2.14 bits per heavy atom. The van der Waals surface area contributed by atoms with Gasteiger partial charge in [-0.15, -0.1) is 0 Å². The summed E-state index contributed by atoms with van der Waals surface area (Å²) in [6.07, 6.45) is 2.31. The van der Waals surface area contributed by atoms with Gasteiger partial charge in [0, 0.05) is 19.1 Å². The second kappa shape index (κ2) is 3.80. The van der Waals surface area contributed by atoms with Crippen molar-refractivity contribution in [3.05, 3.63) is 0 Å². The highest BCUT2D eigenvalue weighted by atomic mass is 16.3. The van der Waals surface area contributed by atoms with Crippen LogP contribution in [0.1, 0.15) is 26.7 Å². The number of piperidine rings is 1. The highest BCUT2D eigenvalue weighted by Gasteiger charge is 2.33. The normalized spacial score (nSPS) is 27.6. The second-order valence-electron chi connectivity index (χ2n) is 5.28. The number of hydrogen-bond donors (Lipinski definition) is 2. The van der Waals surface area contributed by atoms with Gasteiger partial charge >= 0.3 is 0 Å². The monoisotopic (exact) mass is 198 g/mol. The predicted molar refractivity (Wildman–Crippen MR) is 57.3 cm³/mol. The van der Waals surface area contributed by atoms with Crippen molar-refractivity contribution >= 4 is 0 Å². The van der Waals surface area contributed by atoms with E-state index in [-0.39, 0.29) is 0 Å². The molecule has 0 aromatic carbocycles. The van der Waals surface area contributed by atoms with Crippen LogP contribution in [0.3, 0.4) is 0 Å².